The summed E-state index contributed by atoms with van der Waals surface area (Å²) in [5.41, 5.74) is 2.79. The van der Waals surface area contributed by atoms with Crippen molar-refractivity contribution in [3.8, 4) is 0 Å². The molecule has 0 radical (unpaired) electrons. The standard InChI is InChI=1S/C17H28N2/c1-4-18-17-10-6-9-16(17)13-19(3)12-15-8-5-7-14(2)11-15/h5,7-8,11,16-18H,4,6,9-10,12-13H2,1-3H3. The fourth-order valence-corrected chi connectivity index (χ4v) is 3.37. The van der Waals surface area contributed by atoms with Crippen LogP contribution in [0.5, 0.6) is 0 Å². The predicted molar refractivity (Wildman–Crippen MR) is 82.3 cm³/mol. The van der Waals surface area contributed by atoms with Crippen LogP contribution in [-0.2, 0) is 6.54 Å². The molecule has 0 aromatic heterocycles. The van der Waals surface area contributed by atoms with Crippen LogP contribution in [0, 0.1) is 12.8 Å². The third-order valence-electron chi connectivity index (χ3n) is 4.21. The molecule has 0 saturated heterocycles. The Morgan fingerprint density at radius 3 is 2.89 bits per heavy atom. The van der Waals surface area contributed by atoms with E-state index in [1.807, 2.05) is 0 Å². The van der Waals surface area contributed by atoms with Crippen molar-refractivity contribution in [2.75, 3.05) is 20.1 Å². The summed E-state index contributed by atoms with van der Waals surface area (Å²) in [5.74, 6) is 0.828. The second-order valence-corrected chi connectivity index (χ2v) is 6.04. The first-order chi connectivity index (χ1) is 9.19. The van der Waals surface area contributed by atoms with Gasteiger partial charge in [0.15, 0.2) is 0 Å². The highest BCUT2D eigenvalue weighted by atomic mass is 15.1. The molecule has 1 N–H and O–H groups in total. The fourth-order valence-electron chi connectivity index (χ4n) is 3.37. The first kappa shape index (κ1) is 14.5. The van der Waals surface area contributed by atoms with Crippen molar-refractivity contribution in [1.82, 2.24) is 10.2 Å². The maximum absolute atomic E-state index is 3.65. The molecule has 2 atom stereocenters. The monoisotopic (exact) mass is 260 g/mol. The molecule has 0 aliphatic heterocycles. The molecular weight excluding hydrogens is 232 g/mol. The Morgan fingerprint density at radius 2 is 2.16 bits per heavy atom. The van der Waals surface area contributed by atoms with Crippen molar-refractivity contribution in [2.45, 2.75) is 45.7 Å². The molecule has 1 saturated carbocycles. The first-order valence-corrected chi connectivity index (χ1v) is 7.66. The Bertz CT molecular complexity index is 389. The second kappa shape index (κ2) is 7.06. The zero-order valence-electron chi connectivity index (χ0n) is 12.7. The molecule has 1 fully saturated rings. The average molecular weight is 260 g/mol. The molecule has 0 bridgehead atoms. The molecule has 2 nitrogen and oxygen atoms in total. The number of nitrogens with zero attached hydrogens (tertiary/aromatic N) is 1. The van der Waals surface area contributed by atoms with Gasteiger partial charge in [-0.25, -0.2) is 0 Å². The summed E-state index contributed by atoms with van der Waals surface area (Å²) >= 11 is 0. The van der Waals surface area contributed by atoms with Crippen LogP contribution in [0.4, 0.5) is 0 Å². The van der Waals surface area contributed by atoms with Crippen LogP contribution >= 0.6 is 0 Å². The molecule has 19 heavy (non-hydrogen) atoms. The van der Waals surface area contributed by atoms with E-state index in [9.17, 15) is 0 Å². The van der Waals surface area contributed by atoms with E-state index in [1.54, 1.807) is 0 Å². The van der Waals surface area contributed by atoms with E-state index < -0.39 is 0 Å². The van der Waals surface area contributed by atoms with E-state index in [0.29, 0.717) is 0 Å². The zero-order chi connectivity index (χ0) is 13.7. The van der Waals surface area contributed by atoms with Crippen LogP contribution in [0.2, 0.25) is 0 Å². The topological polar surface area (TPSA) is 15.3 Å². The SMILES string of the molecule is CCNC1CCCC1CN(C)Cc1cccc(C)c1. The van der Waals surface area contributed by atoms with Crippen molar-refractivity contribution in [3.05, 3.63) is 35.4 Å². The van der Waals surface area contributed by atoms with E-state index in [0.717, 1.165) is 25.0 Å². The highest BCUT2D eigenvalue weighted by molar-refractivity contribution is 5.22. The van der Waals surface area contributed by atoms with Crippen molar-refractivity contribution >= 4 is 0 Å². The van der Waals surface area contributed by atoms with E-state index in [-0.39, 0.29) is 0 Å². The number of hydrogen-bond donors (Lipinski definition) is 1. The number of nitrogens with one attached hydrogen (secondary N) is 1. The number of aryl methyl sites for hydroxylation is 1. The minimum atomic E-state index is 0.741. The molecule has 1 aromatic carbocycles. The molecule has 1 aromatic rings. The predicted octanol–water partition coefficient (Wildman–Crippen LogP) is 3.21. The highest BCUT2D eigenvalue weighted by Crippen LogP contribution is 2.26. The van der Waals surface area contributed by atoms with E-state index in [2.05, 4.69) is 55.4 Å². The Balaban J connectivity index is 1.85. The number of rotatable bonds is 6. The summed E-state index contributed by atoms with van der Waals surface area (Å²) in [5, 5.41) is 3.65. The van der Waals surface area contributed by atoms with Crippen LogP contribution in [0.25, 0.3) is 0 Å². The van der Waals surface area contributed by atoms with Crippen molar-refractivity contribution in [3.63, 3.8) is 0 Å². The van der Waals surface area contributed by atoms with E-state index >= 15 is 0 Å². The molecule has 2 heteroatoms. The van der Waals surface area contributed by atoms with E-state index in [1.165, 1.54) is 36.9 Å². The minimum absolute atomic E-state index is 0.741. The van der Waals surface area contributed by atoms with Gasteiger partial charge in [0.25, 0.3) is 0 Å². The minimum Gasteiger partial charge on any atom is -0.314 e. The normalized spacial score (nSPS) is 23.2. The van der Waals surface area contributed by atoms with Crippen molar-refractivity contribution in [1.29, 1.82) is 0 Å². The number of benzene rings is 1. The van der Waals surface area contributed by atoms with E-state index in [4.69, 9.17) is 0 Å². The van der Waals surface area contributed by atoms with Crippen molar-refractivity contribution < 1.29 is 0 Å². The van der Waals surface area contributed by atoms with Crippen LogP contribution < -0.4 is 5.32 Å². The summed E-state index contributed by atoms with van der Waals surface area (Å²) in [6.45, 7) is 7.76. The summed E-state index contributed by atoms with van der Waals surface area (Å²) < 4.78 is 0. The summed E-state index contributed by atoms with van der Waals surface area (Å²) in [6.07, 6.45) is 4.13. The summed E-state index contributed by atoms with van der Waals surface area (Å²) in [6, 6.07) is 9.61. The molecule has 1 aliphatic carbocycles. The third kappa shape index (κ3) is 4.32. The Labute approximate surface area is 118 Å². The molecule has 0 heterocycles. The molecule has 2 rings (SSSR count). The quantitative estimate of drug-likeness (QED) is 0.845. The van der Waals surface area contributed by atoms with Crippen LogP contribution in [0.3, 0.4) is 0 Å². The molecule has 1 aliphatic rings. The average Bonchev–Trinajstić information content (AvgIpc) is 2.77. The lowest BCUT2D eigenvalue weighted by Crippen LogP contribution is -2.38. The van der Waals surface area contributed by atoms with Gasteiger partial charge in [-0.3, -0.25) is 0 Å². The third-order valence-corrected chi connectivity index (χ3v) is 4.21. The second-order valence-electron chi connectivity index (χ2n) is 6.04. The molecule has 106 valence electrons. The molecule has 2 unspecified atom stereocenters. The maximum atomic E-state index is 3.65. The lowest BCUT2D eigenvalue weighted by Gasteiger charge is -2.26. The van der Waals surface area contributed by atoms with Gasteiger partial charge < -0.3 is 10.2 Å². The molecular formula is C17H28N2. The van der Waals surface area contributed by atoms with Gasteiger partial charge in [-0.15, -0.1) is 0 Å². The van der Waals surface area contributed by atoms with Gasteiger partial charge in [0, 0.05) is 19.1 Å². The summed E-state index contributed by atoms with van der Waals surface area (Å²) in [7, 11) is 2.25. The highest BCUT2D eigenvalue weighted by Gasteiger charge is 2.27. The van der Waals surface area contributed by atoms with Gasteiger partial charge >= 0.3 is 0 Å². The van der Waals surface area contributed by atoms with Gasteiger partial charge in [-0.1, -0.05) is 43.2 Å². The van der Waals surface area contributed by atoms with Gasteiger partial charge in [0.05, 0.1) is 0 Å². The first-order valence-electron chi connectivity index (χ1n) is 7.66. The fraction of sp³-hybridized carbons (Fsp3) is 0.647. The zero-order valence-corrected chi connectivity index (χ0v) is 12.7. The van der Waals surface area contributed by atoms with Gasteiger partial charge in [0.2, 0.25) is 0 Å². The maximum Gasteiger partial charge on any atom is 0.0230 e. The largest absolute Gasteiger partial charge is 0.314 e. The Hall–Kier alpha value is -0.860. The van der Waals surface area contributed by atoms with Crippen LogP contribution in [0.15, 0.2) is 24.3 Å². The smallest absolute Gasteiger partial charge is 0.0230 e. The van der Waals surface area contributed by atoms with Crippen LogP contribution in [-0.4, -0.2) is 31.1 Å². The van der Waals surface area contributed by atoms with Gasteiger partial charge in [-0.2, -0.15) is 0 Å². The lowest BCUT2D eigenvalue weighted by molar-refractivity contribution is 0.246. The van der Waals surface area contributed by atoms with Gasteiger partial charge in [0.1, 0.15) is 0 Å². The number of hydrogen-bond acceptors (Lipinski definition) is 2. The Kier molecular flexibility index (Phi) is 5.41. The lowest BCUT2D eigenvalue weighted by atomic mass is 10.0. The molecule has 0 amide bonds. The summed E-state index contributed by atoms with van der Waals surface area (Å²) in [4.78, 5) is 2.48. The van der Waals surface area contributed by atoms with Gasteiger partial charge in [-0.05, 0) is 44.8 Å². The van der Waals surface area contributed by atoms with Crippen LogP contribution in [0.1, 0.15) is 37.3 Å². The molecule has 0 spiro atoms. The Morgan fingerprint density at radius 1 is 1.32 bits per heavy atom. The van der Waals surface area contributed by atoms with Crippen molar-refractivity contribution in [2.24, 2.45) is 5.92 Å².